The summed E-state index contributed by atoms with van der Waals surface area (Å²) in [4.78, 5) is 15.7. The number of hydrogen-bond donors (Lipinski definition) is 2. The lowest BCUT2D eigenvalue weighted by Gasteiger charge is -2.53. The number of rotatable bonds is 5. The van der Waals surface area contributed by atoms with Crippen LogP contribution < -0.4 is 9.47 Å². The molecule has 12 heteroatoms. The van der Waals surface area contributed by atoms with Gasteiger partial charge >= 0.3 is 0 Å². The van der Waals surface area contributed by atoms with Gasteiger partial charge in [0, 0.05) is 40.3 Å². The minimum atomic E-state index is -1.94. The number of aromatic hydroxyl groups is 1. The Hall–Kier alpha value is -2.60. The number of phenolic OH excluding ortho intramolecular Hbond substituents is 1. The molecule has 190 valence electrons. The first kappa shape index (κ1) is 23.8. The molecule has 2 aromatic carbocycles. The van der Waals surface area contributed by atoms with Crippen molar-refractivity contribution in [3.8, 4) is 17.2 Å². The van der Waals surface area contributed by atoms with Crippen molar-refractivity contribution >= 4 is 32.5 Å². The van der Waals surface area contributed by atoms with Crippen LogP contribution in [0.25, 0.3) is 21.2 Å². The lowest BCUT2D eigenvalue weighted by molar-refractivity contribution is -0.342. The monoisotopic (exact) mass is 561 g/mol. The average Bonchev–Trinajstić information content (AvgIpc) is 3.36. The van der Waals surface area contributed by atoms with Gasteiger partial charge in [-0.3, -0.25) is 4.79 Å². The number of methoxy groups -OCH3 is 2. The van der Waals surface area contributed by atoms with Gasteiger partial charge < -0.3 is 33.9 Å². The topological polar surface area (TPSA) is 152 Å². The van der Waals surface area contributed by atoms with Crippen molar-refractivity contribution in [3.63, 3.8) is 0 Å². The highest BCUT2D eigenvalue weighted by Crippen LogP contribution is 2.66. The number of hydrogen-bond acceptors (Lipinski definition) is 9. The van der Waals surface area contributed by atoms with Crippen LogP contribution in [-0.4, -0.2) is 65.4 Å². The van der Waals surface area contributed by atoms with Crippen LogP contribution in [0.2, 0.25) is 0 Å². The van der Waals surface area contributed by atoms with E-state index in [1.165, 1.54) is 14.2 Å². The number of ketones is 1. The van der Waals surface area contributed by atoms with Crippen molar-refractivity contribution in [3.05, 3.63) is 38.8 Å². The summed E-state index contributed by atoms with van der Waals surface area (Å²) < 4.78 is 30.7. The molecule has 2 aromatic rings. The van der Waals surface area contributed by atoms with Gasteiger partial charge in [0.2, 0.25) is 5.79 Å². The minimum Gasteiger partial charge on any atom is -0.506 e. The Morgan fingerprint density at radius 2 is 2.11 bits per heavy atom. The number of aliphatic hydroxyl groups is 1. The second-order valence-corrected chi connectivity index (χ2v) is 10.1. The zero-order valence-electron chi connectivity index (χ0n) is 19.8. The molecule has 0 spiro atoms. The third-order valence-corrected chi connectivity index (χ3v) is 8.81. The fraction of sp³-hybridized carbons (Fsp3) is 0.542. The average molecular weight is 562 g/mol. The van der Waals surface area contributed by atoms with Crippen LogP contribution in [0.4, 0.5) is 0 Å². The van der Waals surface area contributed by atoms with E-state index in [0.717, 1.165) is 5.56 Å². The number of carbonyl (C=O) groups excluding carboxylic acids is 1. The summed E-state index contributed by atoms with van der Waals surface area (Å²) in [6, 6.07) is 1.86. The molecule has 4 aliphatic rings. The number of Topliss-reactive ketones (excluding diaryl/α,β-unsaturated/α-hetero) is 1. The standard InChI is InChI=1S/C24H24BrN3O8/c1-10-7-12-16(17(30)15-11(18(12)32-2)5-4-6-13(15)29)19-14(10)20-21-24(33-3,35-19)22(31,8-25)23(34-20,36-21)9-27-28-26/h7,20-21,30-31H,4-6,8-9H2,1-3H3/t20?,21?,22-,23?,24-/m1/s1. The molecule has 0 saturated carbocycles. The highest BCUT2D eigenvalue weighted by atomic mass is 79.9. The number of benzene rings is 2. The van der Waals surface area contributed by atoms with Crippen LogP contribution in [0.1, 0.15) is 46.0 Å². The molecule has 2 N–H and O–H groups in total. The molecule has 0 amide bonds. The molecule has 6 rings (SSSR count). The number of ether oxygens (including phenoxy) is 5. The number of carbonyl (C=O) groups is 1. The summed E-state index contributed by atoms with van der Waals surface area (Å²) in [7, 11) is 2.91. The molecule has 2 fully saturated rings. The Morgan fingerprint density at radius 1 is 1.33 bits per heavy atom. The minimum absolute atomic E-state index is 0.0969. The van der Waals surface area contributed by atoms with Crippen molar-refractivity contribution in [2.75, 3.05) is 26.1 Å². The van der Waals surface area contributed by atoms with Crippen molar-refractivity contribution in [1.29, 1.82) is 0 Å². The molecule has 0 aromatic heterocycles. The van der Waals surface area contributed by atoms with E-state index >= 15 is 0 Å². The number of phenols is 1. The van der Waals surface area contributed by atoms with Gasteiger partial charge in [0.15, 0.2) is 17.5 Å². The summed E-state index contributed by atoms with van der Waals surface area (Å²) in [5.41, 5.74) is 9.26. The summed E-state index contributed by atoms with van der Waals surface area (Å²) in [6.07, 6.45) is -0.103. The number of halogens is 1. The quantitative estimate of drug-likeness (QED) is 0.242. The predicted octanol–water partition coefficient (Wildman–Crippen LogP) is 3.72. The van der Waals surface area contributed by atoms with Crippen LogP contribution in [0.3, 0.4) is 0 Å². The zero-order chi connectivity index (χ0) is 25.6. The first-order chi connectivity index (χ1) is 17.2. The van der Waals surface area contributed by atoms with E-state index in [1.807, 2.05) is 13.0 Å². The fourth-order valence-electron chi connectivity index (χ4n) is 6.43. The SMILES string of the molecule is COc1c2c(c(O)c3c4c(c(C)cc13)C1OC3(CN=[N+]=[N-])OC1[C@@](OC)(O4)[C@@]3(O)CBr)C(=O)CCC2. The first-order valence-electron chi connectivity index (χ1n) is 11.5. The molecular weight excluding hydrogens is 538 g/mol. The highest BCUT2D eigenvalue weighted by molar-refractivity contribution is 9.09. The van der Waals surface area contributed by atoms with E-state index in [4.69, 9.17) is 29.2 Å². The normalized spacial score (nSPS) is 33.6. The fourth-order valence-corrected chi connectivity index (χ4v) is 7.25. The molecule has 3 heterocycles. The molecule has 3 aliphatic heterocycles. The Labute approximate surface area is 214 Å². The lowest BCUT2D eigenvalue weighted by atomic mass is 9.76. The summed E-state index contributed by atoms with van der Waals surface area (Å²) in [5.74, 6) is -3.18. The molecule has 0 radical (unpaired) electrons. The third-order valence-electron chi connectivity index (χ3n) is 8.00. The van der Waals surface area contributed by atoms with Crippen LogP contribution in [0, 0.1) is 6.92 Å². The maximum absolute atomic E-state index is 12.9. The van der Waals surface area contributed by atoms with Crippen molar-refractivity contribution in [1.82, 2.24) is 0 Å². The summed E-state index contributed by atoms with van der Waals surface area (Å²) in [6.45, 7) is 1.55. The Kier molecular flexibility index (Phi) is 5.09. The molecule has 1 aliphatic carbocycles. The highest BCUT2D eigenvalue weighted by Gasteiger charge is 2.84. The smallest absolute Gasteiger partial charge is 0.275 e. The molecule has 5 atom stereocenters. The van der Waals surface area contributed by atoms with Crippen molar-refractivity contribution < 1.29 is 38.7 Å². The second-order valence-electron chi connectivity index (χ2n) is 9.56. The third kappa shape index (κ3) is 2.52. The van der Waals surface area contributed by atoms with Gasteiger partial charge in [0.25, 0.3) is 5.79 Å². The number of nitrogens with zero attached hydrogens (tertiary/aromatic N) is 3. The largest absolute Gasteiger partial charge is 0.506 e. The number of fused-ring (bicyclic) bond motifs is 6. The second kappa shape index (κ2) is 7.70. The van der Waals surface area contributed by atoms with Gasteiger partial charge in [0.05, 0.1) is 24.6 Å². The van der Waals surface area contributed by atoms with Crippen LogP contribution in [-0.2, 0) is 20.6 Å². The summed E-state index contributed by atoms with van der Waals surface area (Å²) >= 11 is 3.34. The van der Waals surface area contributed by atoms with Gasteiger partial charge in [-0.05, 0) is 36.9 Å². The molecule has 11 nitrogen and oxygen atoms in total. The predicted molar refractivity (Wildman–Crippen MR) is 129 cm³/mol. The van der Waals surface area contributed by atoms with E-state index in [-0.39, 0.29) is 40.1 Å². The van der Waals surface area contributed by atoms with Gasteiger partial charge in [-0.2, -0.15) is 0 Å². The van der Waals surface area contributed by atoms with Crippen LogP contribution >= 0.6 is 15.9 Å². The van der Waals surface area contributed by atoms with Crippen molar-refractivity contribution in [2.45, 2.75) is 55.6 Å². The Morgan fingerprint density at radius 3 is 2.78 bits per heavy atom. The van der Waals surface area contributed by atoms with E-state index < -0.39 is 29.4 Å². The van der Waals surface area contributed by atoms with Crippen LogP contribution in [0.15, 0.2) is 11.2 Å². The van der Waals surface area contributed by atoms with E-state index in [0.29, 0.717) is 41.5 Å². The summed E-state index contributed by atoms with van der Waals surface area (Å²) in [5, 5.41) is 27.8. The number of aryl methyl sites for hydroxylation is 1. The van der Waals surface area contributed by atoms with Gasteiger partial charge in [-0.1, -0.05) is 21.0 Å². The maximum Gasteiger partial charge on any atom is 0.275 e. The van der Waals surface area contributed by atoms with Crippen LogP contribution in [0.5, 0.6) is 17.2 Å². The Balaban J connectivity index is 1.69. The van der Waals surface area contributed by atoms with E-state index in [1.54, 1.807) is 0 Å². The van der Waals surface area contributed by atoms with Gasteiger partial charge in [-0.15, -0.1) is 0 Å². The first-order valence-corrected chi connectivity index (χ1v) is 12.7. The lowest BCUT2D eigenvalue weighted by Crippen LogP contribution is -2.74. The molecule has 2 bridgehead atoms. The number of alkyl halides is 1. The Bertz CT molecular complexity index is 1390. The molecule has 3 unspecified atom stereocenters. The van der Waals surface area contributed by atoms with Gasteiger partial charge in [-0.25, -0.2) is 0 Å². The van der Waals surface area contributed by atoms with Crippen molar-refractivity contribution in [2.24, 2.45) is 5.11 Å². The maximum atomic E-state index is 12.9. The van der Waals surface area contributed by atoms with E-state index in [9.17, 15) is 15.0 Å². The van der Waals surface area contributed by atoms with Gasteiger partial charge in [0.1, 0.15) is 23.4 Å². The molecule has 2 saturated heterocycles. The molecule has 36 heavy (non-hydrogen) atoms. The van der Waals surface area contributed by atoms with E-state index in [2.05, 4.69) is 26.0 Å². The number of azide groups is 1. The molecular formula is C24H24BrN3O8. The zero-order valence-corrected chi connectivity index (χ0v) is 21.4.